The standard InChI is InChI=1S/C15H17F3N2S/c1-10(2)19-9-12-14(15(16,17)18)20-13(21-12)8-11-6-4-3-5-7-11/h3-7,10,19H,8-9H2,1-2H3. The highest BCUT2D eigenvalue weighted by Gasteiger charge is 2.37. The zero-order valence-electron chi connectivity index (χ0n) is 11.9. The summed E-state index contributed by atoms with van der Waals surface area (Å²) in [7, 11) is 0. The molecule has 0 aliphatic rings. The van der Waals surface area contributed by atoms with Crippen LogP contribution in [0, 0.1) is 0 Å². The molecule has 1 N–H and O–H groups in total. The van der Waals surface area contributed by atoms with Crippen molar-refractivity contribution in [3.8, 4) is 0 Å². The molecular weight excluding hydrogens is 297 g/mol. The summed E-state index contributed by atoms with van der Waals surface area (Å²) in [5, 5.41) is 3.52. The zero-order chi connectivity index (χ0) is 15.5. The van der Waals surface area contributed by atoms with E-state index in [1.165, 1.54) is 0 Å². The number of nitrogens with one attached hydrogen (secondary N) is 1. The van der Waals surface area contributed by atoms with Crippen LogP contribution >= 0.6 is 11.3 Å². The molecule has 2 nitrogen and oxygen atoms in total. The average molecular weight is 314 g/mol. The zero-order valence-corrected chi connectivity index (χ0v) is 12.7. The van der Waals surface area contributed by atoms with Crippen molar-refractivity contribution in [3.05, 3.63) is 51.5 Å². The molecule has 0 unspecified atom stereocenters. The van der Waals surface area contributed by atoms with Crippen molar-refractivity contribution in [1.29, 1.82) is 0 Å². The number of hydrogen-bond acceptors (Lipinski definition) is 3. The second kappa shape index (κ2) is 6.58. The minimum Gasteiger partial charge on any atom is -0.310 e. The summed E-state index contributed by atoms with van der Waals surface area (Å²) in [5.74, 6) is 0. The van der Waals surface area contributed by atoms with Crippen LogP contribution in [0.25, 0.3) is 0 Å². The summed E-state index contributed by atoms with van der Waals surface area (Å²) in [6.07, 6.45) is -3.98. The number of halogens is 3. The number of hydrogen-bond donors (Lipinski definition) is 1. The van der Waals surface area contributed by atoms with Gasteiger partial charge in [-0.25, -0.2) is 4.98 Å². The maximum absolute atomic E-state index is 13.0. The Kier molecular flexibility index (Phi) is 5.00. The van der Waals surface area contributed by atoms with Crippen molar-refractivity contribution in [2.24, 2.45) is 0 Å². The van der Waals surface area contributed by atoms with E-state index in [0.717, 1.165) is 16.9 Å². The van der Waals surface area contributed by atoms with Gasteiger partial charge in [0.15, 0.2) is 5.69 Å². The molecule has 21 heavy (non-hydrogen) atoms. The fourth-order valence-corrected chi connectivity index (χ4v) is 2.96. The molecule has 0 aliphatic carbocycles. The first-order valence-electron chi connectivity index (χ1n) is 6.69. The van der Waals surface area contributed by atoms with Crippen LogP contribution in [0.15, 0.2) is 30.3 Å². The van der Waals surface area contributed by atoms with Gasteiger partial charge in [0.1, 0.15) is 0 Å². The van der Waals surface area contributed by atoms with Crippen LogP contribution in [-0.2, 0) is 19.1 Å². The Hall–Kier alpha value is -1.40. The molecule has 1 aromatic heterocycles. The van der Waals surface area contributed by atoms with Crippen molar-refractivity contribution in [2.45, 2.75) is 39.0 Å². The first-order chi connectivity index (χ1) is 9.86. The van der Waals surface area contributed by atoms with E-state index in [9.17, 15) is 13.2 Å². The fourth-order valence-electron chi connectivity index (χ4n) is 1.88. The highest BCUT2D eigenvalue weighted by atomic mass is 32.1. The van der Waals surface area contributed by atoms with Gasteiger partial charge >= 0.3 is 6.18 Å². The number of benzene rings is 1. The molecule has 114 valence electrons. The summed E-state index contributed by atoms with van der Waals surface area (Å²) >= 11 is 1.13. The first-order valence-corrected chi connectivity index (χ1v) is 7.51. The normalized spacial score (nSPS) is 12.1. The molecule has 0 fully saturated rings. The number of thiazole rings is 1. The monoisotopic (exact) mass is 314 g/mol. The fraction of sp³-hybridized carbons (Fsp3) is 0.400. The highest BCUT2D eigenvalue weighted by molar-refractivity contribution is 7.11. The topological polar surface area (TPSA) is 24.9 Å². The lowest BCUT2D eigenvalue weighted by atomic mass is 10.2. The third-order valence-electron chi connectivity index (χ3n) is 2.88. The second-order valence-corrected chi connectivity index (χ2v) is 6.24. The Morgan fingerprint density at radius 2 is 1.86 bits per heavy atom. The van der Waals surface area contributed by atoms with E-state index < -0.39 is 11.9 Å². The smallest absolute Gasteiger partial charge is 0.310 e. The average Bonchev–Trinajstić information content (AvgIpc) is 2.80. The Morgan fingerprint density at radius 3 is 2.43 bits per heavy atom. The molecule has 6 heteroatoms. The summed E-state index contributed by atoms with van der Waals surface area (Å²) in [6.45, 7) is 4.00. The third kappa shape index (κ3) is 4.54. The van der Waals surface area contributed by atoms with Gasteiger partial charge in [0.05, 0.1) is 9.88 Å². The Balaban J connectivity index is 2.23. The molecule has 2 aromatic rings. The molecular formula is C15H17F3N2S. The first kappa shape index (κ1) is 16.0. The van der Waals surface area contributed by atoms with E-state index in [0.29, 0.717) is 11.4 Å². The lowest BCUT2D eigenvalue weighted by molar-refractivity contribution is -0.141. The number of alkyl halides is 3. The lowest BCUT2D eigenvalue weighted by Gasteiger charge is -2.09. The van der Waals surface area contributed by atoms with Gasteiger partial charge in [0.2, 0.25) is 0 Å². The van der Waals surface area contributed by atoms with Gasteiger partial charge in [-0.1, -0.05) is 44.2 Å². The summed E-state index contributed by atoms with van der Waals surface area (Å²) < 4.78 is 39.1. The summed E-state index contributed by atoms with van der Waals surface area (Å²) in [6, 6.07) is 9.53. The third-order valence-corrected chi connectivity index (χ3v) is 3.93. The predicted octanol–water partition coefficient (Wildman–Crippen LogP) is 4.25. The second-order valence-electron chi connectivity index (χ2n) is 5.08. The van der Waals surface area contributed by atoms with Crippen LogP contribution in [0.5, 0.6) is 0 Å². The molecule has 0 radical (unpaired) electrons. The number of aromatic nitrogens is 1. The van der Waals surface area contributed by atoms with E-state index in [2.05, 4.69) is 10.3 Å². The Bertz CT molecular complexity index is 576. The SMILES string of the molecule is CC(C)NCc1sc(Cc2ccccc2)nc1C(F)(F)F. The van der Waals surface area contributed by atoms with Crippen molar-refractivity contribution in [3.63, 3.8) is 0 Å². The van der Waals surface area contributed by atoms with Gasteiger partial charge in [-0.05, 0) is 5.56 Å². The predicted molar refractivity (Wildman–Crippen MR) is 78.3 cm³/mol. The maximum atomic E-state index is 13.0. The van der Waals surface area contributed by atoms with Crippen molar-refractivity contribution in [2.75, 3.05) is 0 Å². The molecule has 0 aliphatic heterocycles. The van der Waals surface area contributed by atoms with Gasteiger partial charge in [0, 0.05) is 19.0 Å². The van der Waals surface area contributed by atoms with E-state index >= 15 is 0 Å². The van der Waals surface area contributed by atoms with Crippen LogP contribution in [0.4, 0.5) is 13.2 Å². The minimum absolute atomic E-state index is 0.130. The molecule has 2 rings (SSSR count). The molecule has 1 aromatic carbocycles. The van der Waals surface area contributed by atoms with Crippen molar-refractivity contribution in [1.82, 2.24) is 10.3 Å². The van der Waals surface area contributed by atoms with Crippen molar-refractivity contribution < 1.29 is 13.2 Å². The van der Waals surface area contributed by atoms with Gasteiger partial charge in [-0.2, -0.15) is 13.2 Å². The molecule has 0 saturated carbocycles. The van der Waals surface area contributed by atoms with E-state index in [4.69, 9.17) is 0 Å². The van der Waals surface area contributed by atoms with Gasteiger partial charge in [-0.15, -0.1) is 11.3 Å². The molecule has 1 heterocycles. The number of rotatable bonds is 5. The summed E-state index contributed by atoms with van der Waals surface area (Å²) in [5.41, 5.74) is 0.204. The van der Waals surface area contributed by atoms with E-state index in [1.807, 2.05) is 44.2 Å². The van der Waals surface area contributed by atoms with Crippen LogP contribution in [0.2, 0.25) is 0 Å². The minimum atomic E-state index is -4.40. The number of nitrogens with zero attached hydrogens (tertiary/aromatic N) is 1. The van der Waals surface area contributed by atoms with Gasteiger partial charge in [0.25, 0.3) is 0 Å². The molecule has 0 bridgehead atoms. The lowest BCUT2D eigenvalue weighted by Crippen LogP contribution is -2.23. The Morgan fingerprint density at radius 1 is 1.19 bits per heavy atom. The quantitative estimate of drug-likeness (QED) is 0.892. The van der Waals surface area contributed by atoms with Crippen LogP contribution in [-0.4, -0.2) is 11.0 Å². The Labute approximate surface area is 126 Å². The van der Waals surface area contributed by atoms with Crippen LogP contribution in [0.1, 0.15) is 35.0 Å². The maximum Gasteiger partial charge on any atom is 0.434 e. The highest BCUT2D eigenvalue weighted by Crippen LogP contribution is 2.35. The van der Waals surface area contributed by atoms with Gasteiger partial charge < -0.3 is 5.32 Å². The van der Waals surface area contributed by atoms with E-state index in [1.54, 1.807) is 0 Å². The molecule has 0 saturated heterocycles. The van der Waals surface area contributed by atoms with Gasteiger partial charge in [-0.3, -0.25) is 0 Å². The summed E-state index contributed by atoms with van der Waals surface area (Å²) in [4.78, 5) is 4.06. The van der Waals surface area contributed by atoms with E-state index in [-0.39, 0.29) is 17.5 Å². The largest absolute Gasteiger partial charge is 0.434 e. The molecule has 0 spiro atoms. The van der Waals surface area contributed by atoms with Crippen LogP contribution < -0.4 is 5.32 Å². The molecule has 0 amide bonds. The van der Waals surface area contributed by atoms with Crippen molar-refractivity contribution >= 4 is 11.3 Å². The molecule has 0 atom stereocenters. The van der Waals surface area contributed by atoms with Crippen LogP contribution in [0.3, 0.4) is 0 Å².